The molecule has 7 bridgehead atoms. The molecule has 22 atom stereocenters. The summed E-state index contributed by atoms with van der Waals surface area (Å²) < 4.78 is 15.4. The predicted octanol–water partition coefficient (Wildman–Crippen LogP) is 16.8. The van der Waals surface area contributed by atoms with Gasteiger partial charge in [-0.15, -0.1) is 0 Å². The van der Waals surface area contributed by atoms with E-state index in [1.54, 1.807) is 16.8 Å². The summed E-state index contributed by atoms with van der Waals surface area (Å²) in [6.45, 7) is 10.3. The van der Waals surface area contributed by atoms with E-state index in [4.69, 9.17) is 15.2 Å². The number of piperidine rings is 3. The van der Waals surface area contributed by atoms with Gasteiger partial charge in [0.25, 0.3) is 0 Å². The lowest BCUT2D eigenvalue weighted by atomic mass is 9.27. The second kappa shape index (κ2) is 19.1. The van der Waals surface area contributed by atoms with E-state index in [9.17, 15) is 5.11 Å². The molecule has 0 radical (unpaired) electrons. The number of ether oxygens (including phenoxy) is 2. The number of fused-ring (bicyclic) bond motifs is 12. The zero-order valence-electron chi connectivity index (χ0n) is 54.7. The number of aliphatic hydroxyl groups is 1. The Morgan fingerprint density at radius 1 is 0.753 bits per heavy atom. The molecule has 89 heavy (non-hydrogen) atoms. The first-order chi connectivity index (χ1) is 43.3. The van der Waals surface area contributed by atoms with Crippen LogP contribution in [0.2, 0.25) is 0 Å². The maximum atomic E-state index is 17.4. The van der Waals surface area contributed by atoms with E-state index in [-0.39, 0.29) is 47.6 Å². The summed E-state index contributed by atoms with van der Waals surface area (Å²) in [5.74, 6) is 6.86. The van der Waals surface area contributed by atoms with E-state index in [0.29, 0.717) is 118 Å². The zero-order chi connectivity index (χ0) is 59.5. The van der Waals surface area contributed by atoms with Gasteiger partial charge in [-0.25, -0.2) is 4.79 Å². The molecule has 8 nitrogen and oxygen atoms in total. The van der Waals surface area contributed by atoms with E-state index in [2.05, 4.69) is 73.1 Å². The molecule has 7 heterocycles. The number of carbonyl (C=O) groups excluding carboxylic acids is 2. The van der Waals surface area contributed by atoms with Crippen molar-refractivity contribution in [3.05, 3.63) is 93.1 Å². The molecule has 0 amide bonds. The highest BCUT2D eigenvalue weighted by Crippen LogP contribution is 2.89. The van der Waals surface area contributed by atoms with Crippen molar-refractivity contribution < 1.29 is 24.2 Å². The SMILES string of the molecule is CC(C)C[C@@H]1C=C[C@@H]2[C@H]1CC[C@]21CCC[C@@H]([C@@H]2/C=C\[C@@H]3C[C@@H]4[C@@H]5C6=C3[C@]37C(=O)O/C(=C(/O)[C@@H]8CC[C@@H]9[C@H]%10C[C@@H](CN9[C@H]8[C@H]8CC9(CCCC9)[C@]9(CCCC9%11CCCC%11)C8)[C@H]8CCC(=C5N8C%10)C[C@H]4C)[C@@]3(CC6)[C@]3(OC(=O)c4c(CCCN)cccc43)[C@H]7C2)C1. The molecule has 19 aliphatic rings. The topological polar surface area (TPSA) is 105 Å². The van der Waals surface area contributed by atoms with Crippen LogP contribution in [0.5, 0.6) is 0 Å². The van der Waals surface area contributed by atoms with Crippen LogP contribution in [0.3, 0.4) is 0 Å². The number of hydrogen-bond donors (Lipinski definition) is 2. The van der Waals surface area contributed by atoms with Crippen LogP contribution >= 0.6 is 0 Å². The molecule has 7 spiro atoms. The Labute approximate surface area is 532 Å². The van der Waals surface area contributed by atoms with Gasteiger partial charge >= 0.3 is 11.9 Å². The van der Waals surface area contributed by atoms with Crippen molar-refractivity contribution in [1.29, 1.82) is 0 Å². The normalized spacial score (nSPS) is 50.3. The molecule has 4 saturated heterocycles. The van der Waals surface area contributed by atoms with Crippen molar-refractivity contribution in [2.45, 2.75) is 250 Å². The molecule has 0 aromatic heterocycles. The fourth-order valence-electron chi connectivity index (χ4n) is 31.2. The fraction of sp³-hybridized carbons (Fsp3) is 0.778. The Balaban J connectivity index is 0.814. The molecule has 8 heteroatoms. The predicted molar refractivity (Wildman–Crippen MR) is 346 cm³/mol. The van der Waals surface area contributed by atoms with E-state index >= 15 is 9.59 Å². The number of rotatable bonds is 7. The molecule has 1 aromatic carbocycles. The zero-order valence-corrected chi connectivity index (χ0v) is 54.7. The van der Waals surface area contributed by atoms with Gasteiger partial charge in [-0.2, -0.15) is 0 Å². The van der Waals surface area contributed by atoms with Crippen LogP contribution in [0, 0.1) is 121 Å². The molecule has 476 valence electrons. The Bertz CT molecular complexity index is 3370. The number of esters is 2. The third kappa shape index (κ3) is 6.65. The monoisotopic (exact) mass is 1200 g/mol. The summed E-state index contributed by atoms with van der Waals surface area (Å²) >= 11 is 0. The van der Waals surface area contributed by atoms with Gasteiger partial charge in [0.1, 0.15) is 11.2 Å². The lowest BCUT2D eigenvalue weighted by molar-refractivity contribution is -0.283. The molecule has 7 aliphatic heterocycles. The number of aliphatic hydroxyl groups excluding tert-OH is 1. The minimum absolute atomic E-state index is 0.0842. The second-order valence-electron chi connectivity index (χ2n) is 36.3. The summed E-state index contributed by atoms with van der Waals surface area (Å²) in [4.78, 5) is 39.6. The van der Waals surface area contributed by atoms with Gasteiger partial charge in [0, 0.05) is 60.2 Å². The third-order valence-electron chi connectivity index (χ3n) is 33.5. The van der Waals surface area contributed by atoms with Gasteiger partial charge < -0.3 is 25.2 Å². The lowest BCUT2D eigenvalue weighted by Gasteiger charge is -2.73. The van der Waals surface area contributed by atoms with E-state index < -0.39 is 16.4 Å². The minimum atomic E-state index is -1.17. The number of hydrogen-bond acceptors (Lipinski definition) is 8. The number of nitrogens with two attached hydrogens (primary N) is 1. The van der Waals surface area contributed by atoms with Crippen LogP contribution in [0.4, 0.5) is 0 Å². The average molecular weight is 1200 g/mol. The van der Waals surface area contributed by atoms with Gasteiger partial charge in [-0.05, 0) is 277 Å². The molecule has 0 unspecified atom stereocenters. The van der Waals surface area contributed by atoms with Crippen molar-refractivity contribution in [3.8, 4) is 0 Å². The van der Waals surface area contributed by atoms with Gasteiger partial charge in [0.2, 0.25) is 0 Å². The van der Waals surface area contributed by atoms with E-state index in [0.717, 1.165) is 67.7 Å². The number of allylic oxidation sites excluding steroid dienone is 6. The maximum Gasteiger partial charge on any atom is 0.339 e. The van der Waals surface area contributed by atoms with Crippen molar-refractivity contribution in [2.24, 2.45) is 127 Å². The summed E-state index contributed by atoms with van der Waals surface area (Å²) in [5, 5.41) is 14.8. The molecule has 20 rings (SSSR count). The Kier molecular flexibility index (Phi) is 12.0. The van der Waals surface area contributed by atoms with Crippen LogP contribution in [-0.2, 0) is 26.3 Å². The smallest absolute Gasteiger partial charge is 0.339 e. The standard InChI is InChI=1S/C81H107N3O5/c1-46(2)36-50-18-21-61-57(50)24-33-75(61)26-9-13-53(41-75)49-16-17-51-39-60-47(3)37-52-19-22-63-54-38-55-45-84(63)70(52)67(60)58-25-34-79-72(88-74(87)80(79,68(51)58)65(40-49)81(79)62-15-8-12-48(14-10-35-82)66(62)73(86)89-81)71(85)59-20-23-64(55)83(44-54)69(59)56-42-77(29-6-7-30-77)78(43-56)32-11-31-76(78)27-4-5-28-76/h8,12,15-18,21,46-47,49-51,53-57,59-61,63-65,67,69,85H,4-7,9-11,13-14,19-20,22-45,82H2,1-3H3/b17-16-,72-71+/t47-,49-,50+,51-,53-,54+,55+,56+,57+,59-,60+,61-,63-,64-,65+,67+,69+,75+,78-,79-,80-,81-/m1/s1. The first-order valence-electron chi connectivity index (χ1n) is 38.4. The molecule has 12 aliphatic carbocycles. The molecule has 11 fully saturated rings. The number of carbonyl (C=O) groups is 2. The maximum absolute atomic E-state index is 17.4. The van der Waals surface area contributed by atoms with Crippen LogP contribution in [0.25, 0.3) is 0 Å². The summed E-state index contributed by atoms with van der Waals surface area (Å²) in [6, 6.07) is 7.88. The van der Waals surface area contributed by atoms with Crippen molar-refractivity contribution >= 4 is 11.9 Å². The summed E-state index contributed by atoms with van der Waals surface area (Å²) in [7, 11) is 0. The van der Waals surface area contributed by atoms with Crippen LogP contribution in [-0.4, -0.2) is 64.6 Å². The van der Waals surface area contributed by atoms with Crippen LogP contribution < -0.4 is 5.73 Å². The van der Waals surface area contributed by atoms with Gasteiger partial charge in [-0.3, -0.25) is 9.69 Å². The van der Waals surface area contributed by atoms with Crippen LogP contribution in [0.15, 0.2) is 76.4 Å². The Hall–Kier alpha value is -3.62. The van der Waals surface area contributed by atoms with Crippen molar-refractivity contribution in [3.63, 3.8) is 0 Å². The summed E-state index contributed by atoms with van der Waals surface area (Å²) in [6.07, 6.45) is 49.9. The van der Waals surface area contributed by atoms with Crippen molar-refractivity contribution in [1.82, 2.24) is 9.80 Å². The second-order valence-corrected chi connectivity index (χ2v) is 36.3. The molecule has 3 N–H and O–H groups in total. The Morgan fingerprint density at radius 2 is 1.58 bits per heavy atom. The van der Waals surface area contributed by atoms with Crippen LogP contribution in [0.1, 0.15) is 241 Å². The number of nitrogens with zero attached hydrogens (tertiary/aromatic N) is 2. The molecular weight excluding hydrogens is 1090 g/mol. The quantitative estimate of drug-likeness (QED) is 0.205. The van der Waals surface area contributed by atoms with Gasteiger partial charge in [0.05, 0.1) is 11.0 Å². The van der Waals surface area contributed by atoms with E-state index in [1.165, 1.54) is 166 Å². The summed E-state index contributed by atoms with van der Waals surface area (Å²) in [5.41, 5.74) is 13.8. The first-order valence-corrected chi connectivity index (χ1v) is 38.4. The average Bonchev–Trinajstić information content (AvgIpc) is 1.54. The van der Waals surface area contributed by atoms with Crippen molar-refractivity contribution in [2.75, 3.05) is 19.6 Å². The van der Waals surface area contributed by atoms with Gasteiger partial charge in [0.15, 0.2) is 11.4 Å². The highest BCUT2D eigenvalue weighted by Gasteiger charge is 2.94. The first kappa shape index (κ1) is 55.8. The van der Waals surface area contributed by atoms with Gasteiger partial charge in [-0.1, -0.05) is 113 Å². The highest BCUT2D eigenvalue weighted by molar-refractivity contribution is 6.00. The fourth-order valence-corrected chi connectivity index (χ4v) is 31.2. The Morgan fingerprint density at radius 3 is 2.43 bits per heavy atom. The largest absolute Gasteiger partial charge is 0.508 e. The highest BCUT2D eigenvalue weighted by atomic mass is 16.6. The lowest BCUT2D eigenvalue weighted by Crippen LogP contribution is -2.78. The molecule has 7 saturated carbocycles. The number of benzene rings is 1. The minimum Gasteiger partial charge on any atom is -0.508 e. The van der Waals surface area contributed by atoms with E-state index in [1.807, 2.05) is 0 Å². The third-order valence-corrected chi connectivity index (χ3v) is 33.5. The number of aryl methyl sites for hydroxylation is 1. The molecular formula is C81H107N3O5. The molecule has 1 aromatic rings.